The monoisotopic (exact) mass is 666 g/mol. The first-order valence-electron chi connectivity index (χ1n) is 15.4. The van der Waals surface area contributed by atoms with Crippen LogP contribution in [-0.4, -0.2) is 49.4 Å². The lowest BCUT2D eigenvalue weighted by molar-refractivity contribution is 0.173. The number of nitrogens with zero attached hydrogens (tertiary/aromatic N) is 5. The van der Waals surface area contributed by atoms with E-state index >= 15 is 0 Å². The summed E-state index contributed by atoms with van der Waals surface area (Å²) >= 11 is 26.3. The molecule has 5 aliphatic heterocycles. The first kappa shape index (κ1) is 28.7. The van der Waals surface area contributed by atoms with Crippen LogP contribution in [0.5, 0.6) is 0 Å². The van der Waals surface area contributed by atoms with Crippen LogP contribution in [0.15, 0.2) is 71.6 Å². The minimum atomic E-state index is 0.0674. The average molecular weight is 669 g/mol. The second-order valence-electron chi connectivity index (χ2n) is 12.2. The van der Waals surface area contributed by atoms with Gasteiger partial charge in [-0.1, -0.05) is 64.1 Å². The summed E-state index contributed by atoms with van der Waals surface area (Å²) in [4.78, 5) is 9.84. The van der Waals surface area contributed by atoms with E-state index in [9.17, 15) is 0 Å². The van der Waals surface area contributed by atoms with Crippen molar-refractivity contribution in [1.82, 2.24) is 5.01 Å². The Kier molecular flexibility index (Phi) is 6.96. The molecule has 228 valence electrons. The Morgan fingerprint density at radius 1 is 0.750 bits per heavy atom. The largest absolute Gasteiger partial charge is 0.346 e. The zero-order chi connectivity index (χ0) is 30.4. The zero-order valence-corrected chi connectivity index (χ0v) is 27.9. The summed E-state index contributed by atoms with van der Waals surface area (Å²) in [5.41, 5.74) is 13.5. The molecular weight excluding hydrogens is 634 g/mol. The molecular formula is C34H34Cl4N6. The van der Waals surface area contributed by atoms with Gasteiger partial charge in [0.25, 0.3) is 0 Å². The maximum atomic E-state index is 6.58. The summed E-state index contributed by atoms with van der Waals surface area (Å²) in [7, 11) is 0. The maximum Gasteiger partial charge on any atom is 0.126 e. The quantitative estimate of drug-likeness (QED) is 0.299. The molecule has 1 saturated heterocycles. The summed E-state index contributed by atoms with van der Waals surface area (Å²) in [5.74, 6) is 1.22. The van der Waals surface area contributed by atoms with Crippen molar-refractivity contribution < 1.29 is 0 Å². The molecule has 5 aliphatic rings. The number of halogens is 4. The van der Waals surface area contributed by atoms with E-state index < -0.39 is 0 Å². The fourth-order valence-electron chi connectivity index (χ4n) is 7.96. The zero-order valence-electron chi connectivity index (χ0n) is 24.9. The van der Waals surface area contributed by atoms with Crippen LogP contribution in [-0.2, 0) is 0 Å². The predicted octanol–water partition coefficient (Wildman–Crippen LogP) is 8.95. The van der Waals surface area contributed by atoms with Gasteiger partial charge in [0.05, 0.1) is 54.9 Å². The first-order chi connectivity index (χ1) is 21.3. The molecule has 0 aromatic heterocycles. The van der Waals surface area contributed by atoms with E-state index in [2.05, 4.69) is 81.1 Å². The smallest absolute Gasteiger partial charge is 0.126 e. The number of nitrogens with one attached hydrogen (secondary N) is 1. The van der Waals surface area contributed by atoms with Gasteiger partial charge in [0.1, 0.15) is 12.0 Å². The van der Waals surface area contributed by atoms with Crippen LogP contribution in [0.4, 0.5) is 28.4 Å². The number of aryl methyl sites for hydroxylation is 1. The van der Waals surface area contributed by atoms with Gasteiger partial charge in [-0.2, -0.15) is 0 Å². The van der Waals surface area contributed by atoms with Crippen molar-refractivity contribution in [3.05, 3.63) is 97.2 Å². The second kappa shape index (κ2) is 10.7. The average Bonchev–Trinajstić information content (AvgIpc) is 3.49. The molecule has 3 atom stereocenters. The Balaban J connectivity index is 1.31. The molecule has 0 saturated carbocycles. The molecule has 0 spiro atoms. The van der Waals surface area contributed by atoms with Crippen LogP contribution in [0.1, 0.15) is 32.3 Å². The standard InChI is InChI=1S/C34H34Cl4N6/c1-4-40-29-15-23(35)25(37)17-31(29)42-12-10-27-21(33(40)42)14-22-28(44(27)39-20-8-6-19(3)7-9-20)11-13-43-32-18-26(38)24(36)16-30(32)41(5-2)34(22)43/h6-9,14-18,27-28,33,39H,4-5,10-13H2,1-3H3. The molecule has 8 rings (SSSR count). The maximum absolute atomic E-state index is 6.58. The van der Waals surface area contributed by atoms with Crippen LogP contribution in [0.25, 0.3) is 0 Å². The SMILES string of the molecule is CCN1C2=C3C=C4C5N(CC)c6cc(Cl)c(Cl)cc6N5CCC4N(Nc4ccc(C)cc4)C3CCN2c2cc(Cl)c(Cl)cc21. The highest BCUT2D eigenvalue weighted by Gasteiger charge is 2.51. The Bertz CT molecular complexity index is 1680. The third-order valence-corrected chi connectivity index (χ3v) is 11.3. The van der Waals surface area contributed by atoms with Gasteiger partial charge < -0.3 is 25.0 Å². The summed E-state index contributed by atoms with van der Waals surface area (Å²) < 4.78 is 0. The topological polar surface area (TPSA) is 28.2 Å². The molecule has 44 heavy (non-hydrogen) atoms. The fraction of sp³-hybridized carbons (Fsp3) is 0.353. The molecule has 0 amide bonds. The Labute approximate surface area is 279 Å². The number of hydrazine groups is 1. The Hall–Kier alpha value is -2.74. The van der Waals surface area contributed by atoms with Crippen molar-refractivity contribution in [2.45, 2.75) is 51.9 Å². The number of likely N-dealkylation sites (N-methyl/N-ethyl adjacent to an activating group) is 1. The molecule has 0 bridgehead atoms. The van der Waals surface area contributed by atoms with E-state index in [1.807, 2.05) is 24.3 Å². The van der Waals surface area contributed by atoms with Gasteiger partial charge in [-0.05, 0) is 81.7 Å². The number of hydrogen-bond acceptors (Lipinski definition) is 6. The summed E-state index contributed by atoms with van der Waals surface area (Å²) in [6.07, 6.45) is 4.55. The summed E-state index contributed by atoms with van der Waals surface area (Å²) in [6.45, 7) is 10.1. The molecule has 1 fully saturated rings. The number of piperidine rings is 1. The van der Waals surface area contributed by atoms with E-state index in [1.54, 1.807) is 0 Å². The Morgan fingerprint density at radius 3 is 2.07 bits per heavy atom. The van der Waals surface area contributed by atoms with E-state index in [0.717, 1.165) is 67.5 Å². The van der Waals surface area contributed by atoms with Gasteiger partial charge in [-0.3, -0.25) is 0 Å². The fourth-order valence-corrected chi connectivity index (χ4v) is 8.59. The number of anilines is 5. The Morgan fingerprint density at radius 2 is 1.39 bits per heavy atom. The molecule has 10 heteroatoms. The van der Waals surface area contributed by atoms with Crippen molar-refractivity contribution >= 4 is 74.8 Å². The van der Waals surface area contributed by atoms with E-state index in [0.29, 0.717) is 20.1 Å². The van der Waals surface area contributed by atoms with Gasteiger partial charge in [0.15, 0.2) is 0 Å². The third kappa shape index (κ3) is 4.18. The van der Waals surface area contributed by atoms with Gasteiger partial charge in [-0.25, -0.2) is 5.01 Å². The molecule has 0 aliphatic carbocycles. The van der Waals surface area contributed by atoms with Crippen LogP contribution in [0.2, 0.25) is 20.1 Å². The predicted molar refractivity (Wildman–Crippen MR) is 186 cm³/mol. The van der Waals surface area contributed by atoms with Crippen LogP contribution >= 0.6 is 46.4 Å². The highest BCUT2D eigenvalue weighted by atomic mass is 35.5. The molecule has 3 aromatic carbocycles. The summed E-state index contributed by atoms with van der Waals surface area (Å²) in [5, 5.41) is 4.90. The number of hydrogen-bond donors (Lipinski definition) is 1. The molecule has 3 aromatic rings. The second-order valence-corrected chi connectivity index (χ2v) is 13.8. The van der Waals surface area contributed by atoms with Crippen LogP contribution in [0.3, 0.4) is 0 Å². The highest BCUT2D eigenvalue weighted by molar-refractivity contribution is 6.43. The lowest BCUT2D eigenvalue weighted by Gasteiger charge is -2.52. The normalized spacial score (nSPS) is 23.6. The van der Waals surface area contributed by atoms with Gasteiger partial charge in [0.2, 0.25) is 0 Å². The molecule has 1 N–H and O–H groups in total. The van der Waals surface area contributed by atoms with E-state index in [4.69, 9.17) is 46.4 Å². The molecule has 6 nitrogen and oxygen atoms in total. The van der Waals surface area contributed by atoms with Crippen molar-refractivity contribution in [2.24, 2.45) is 0 Å². The van der Waals surface area contributed by atoms with E-state index in [-0.39, 0.29) is 18.2 Å². The minimum absolute atomic E-state index is 0.0674. The van der Waals surface area contributed by atoms with Crippen molar-refractivity contribution in [1.29, 1.82) is 0 Å². The van der Waals surface area contributed by atoms with Crippen molar-refractivity contribution in [3.63, 3.8) is 0 Å². The molecule has 0 radical (unpaired) electrons. The van der Waals surface area contributed by atoms with Crippen molar-refractivity contribution in [3.8, 4) is 0 Å². The summed E-state index contributed by atoms with van der Waals surface area (Å²) in [6, 6.07) is 17.3. The third-order valence-electron chi connectivity index (χ3n) is 9.87. The van der Waals surface area contributed by atoms with Crippen LogP contribution in [0, 0.1) is 6.92 Å². The number of benzene rings is 3. The van der Waals surface area contributed by atoms with Gasteiger partial charge >= 0.3 is 0 Å². The first-order valence-corrected chi connectivity index (χ1v) is 16.9. The highest BCUT2D eigenvalue weighted by Crippen LogP contribution is 2.53. The van der Waals surface area contributed by atoms with Crippen molar-refractivity contribution in [2.75, 3.05) is 51.2 Å². The number of fused-ring (bicyclic) bond motifs is 9. The van der Waals surface area contributed by atoms with Crippen LogP contribution < -0.4 is 25.0 Å². The van der Waals surface area contributed by atoms with Gasteiger partial charge in [0, 0.05) is 37.4 Å². The minimum Gasteiger partial charge on any atom is -0.346 e. The molecule has 5 heterocycles. The lowest BCUT2D eigenvalue weighted by Crippen LogP contribution is -2.62. The van der Waals surface area contributed by atoms with Gasteiger partial charge in [-0.15, -0.1) is 0 Å². The van der Waals surface area contributed by atoms with E-state index in [1.165, 1.54) is 22.5 Å². The number of rotatable bonds is 4. The lowest BCUT2D eigenvalue weighted by atomic mass is 9.83. The molecule has 3 unspecified atom stereocenters.